The molecule has 4 atom stereocenters. The van der Waals surface area contributed by atoms with Crippen molar-refractivity contribution in [2.24, 2.45) is 5.92 Å². The van der Waals surface area contributed by atoms with Crippen LogP contribution in [0.5, 0.6) is 0 Å². The van der Waals surface area contributed by atoms with Crippen LogP contribution in [0.25, 0.3) is 0 Å². The first-order chi connectivity index (χ1) is 15.3. The van der Waals surface area contributed by atoms with Crippen molar-refractivity contribution in [3.05, 3.63) is 33.8 Å². The van der Waals surface area contributed by atoms with E-state index in [2.05, 4.69) is 23.6 Å². The van der Waals surface area contributed by atoms with Gasteiger partial charge >= 0.3 is 0 Å². The van der Waals surface area contributed by atoms with Crippen LogP contribution >= 0.6 is 23.2 Å². The molecule has 0 N–H and O–H groups in total. The highest BCUT2D eigenvalue weighted by molar-refractivity contribution is 6.42. The number of ether oxygens (including phenoxy) is 1. The molecule has 3 aliphatic rings. The van der Waals surface area contributed by atoms with E-state index in [0.29, 0.717) is 28.7 Å². The predicted octanol–water partition coefficient (Wildman–Crippen LogP) is 3.95. The Morgan fingerprint density at radius 3 is 2.44 bits per heavy atom. The van der Waals surface area contributed by atoms with Crippen molar-refractivity contribution >= 4 is 35.0 Å². The van der Waals surface area contributed by atoms with Gasteiger partial charge in [-0.15, -0.1) is 0 Å². The molecule has 0 radical (unpaired) electrons. The summed E-state index contributed by atoms with van der Waals surface area (Å²) in [6.07, 6.45) is 4.21. The minimum absolute atomic E-state index is 0.0877. The maximum atomic E-state index is 13.5. The first-order valence-corrected chi connectivity index (χ1v) is 12.5. The molecule has 3 aliphatic heterocycles. The third kappa shape index (κ3) is 5.41. The van der Waals surface area contributed by atoms with Gasteiger partial charge < -0.3 is 14.5 Å². The zero-order valence-corrected chi connectivity index (χ0v) is 20.4. The van der Waals surface area contributed by atoms with Gasteiger partial charge in [0.25, 0.3) is 5.91 Å². The van der Waals surface area contributed by atoms with Crippen LogP contribution in [-0.4, -0.2) is 84.0 Å². The van der Waals surface area contributed by atoms with Crippen molar-refractivity contribution in [1.82, 2.24) is 14.7 Å². The number of piperidine rings is 1. The van der Waals surface area contributed by atoms with E-state index in [1.165, 1.54) is 0 Å². The van der Waals surface area contributed by atoms with E-state index in [-0.39, 0.29) is 36.0 Å². The van der Waals surface area contributed by atoms with Gasteiger partial charge in [-0.1, -0.05) is 23.2 Å². The molecule has 6 nitrogen and oxygen atoms in total. The molecule has 1 aromatic carbocycles. The number of benzene rings is 1. The number of hydrogen-bond donors (Lipinski definition) is 0. The Hall–Kier alpha value is -1.34. The molecule has 32 heavy (non-hydrogen) atoms. The fourth-order valence-electron chi connectivity index (χ4n) is 5.46. The van der Waals surface area contributed by atoms with Crippen LogP contribution < -0.4 is 0 Å². The predicted molar refractivity (Wildman–Crippen MR) is 126 cm³/mol. The van der Waals surface area contributed by atoms with E-state index in [1.807, 2.05) is 0 Å². The van der Waals surface area contributed by atoms with Gasteiger partial charge in [-0.3, -0.25) is 14.5 Å². The van der Waals surface area contributed by atoms with Gasteiger partial charge in [0.05, 0.1) is 28.2 Å². The van der Waals surface area contributed by atoms with E-state index < -0.39 is 0 Å². The summed E-state index contributed by atoms with van der Waals surface area (Å²) >= 11 is 12.1. The third-order valence-electron chi connectivity index (χ3n) is 6.85. The summed E-state index contributed by atoms with van der Waals surface area (Å²) in [6, 6.07) is 5.20. The Balaban J connectivity index is 1.38. The maximum absolute atomic E-state index is 13.5. The second kappa shape index (κ2) is 10.3. The molecule has 1 aromatic rings. The van der Waals surface area contributed by atoms with Crippen LogP contribution in [0.3, 0.4) is 0 Å². The van der Waals surface area contributed by atoms with E-state index >= 15 is 0 Å². The minimum Gasteiger partial charge on any atom is -0.373 e. The molecule has 0 aliphatic carbocycles. The van der Waals surface area contributed by atoms with Gasteiger partial charge in [-0.2, -0.15) is 0 Å². The molecule has 176 valence electrons. The number of halogens is 2. The van der Waals surface area contributed by atoms with Crippen LogP contribution in [-0.2, 0) is 9.53 Å². The smallest absolute Gasteiger partial charge is 0.253 e. The third-order valence-corrected chi connectivity index (χ3v) is 7.59. The molecule has 3 saturated heterocycles. The first kappa shape index (κ1) is 23.8. The Labute approximate surface area is 200 Å². The summed E-state index contributed by atoms with van der Waals surface area (Å²) in [7, 11) is 0. The van der Waals surface area contributed by atoms with Crippen LogP contribution in [0.1, 0.15) is 49.9 Å². The van der Waals surface area contributed by atoms with Gasteiger partial charge in [-0.05, 0) is 57.7 Å². The molecular formula is C24H33Cl2N3O3. The first-order valence-electron chi connectivity index (χ1n) is 11.7. The molecule has 4 unspecified atom stereocenters. The topological polar surface area (TPSA) is 53.1 Å². The fourth-order valence-corrected chi connectivity index (χ4v) is 5.75. The quantitative estimate of drug-likeness (QED) is 0.653. The number of likely N-dealkylation sites (tertiary alicyclic amines) is 2. The highest BCUT2D eigenvalue weighted by atomic mass is 35.5. The van der Waals surface area contributed by atoms with Crippen LogP contribution in [0, 0.1) is 5.92 Å². The van der Waals surface area contributed by atoms with Crippen LogP contribution in [0.2, 0.25) is 10.0 Å². The molecule has 0 saturated carbocycles. The largest absolute Gasteiger partial charge is 0.373 e. The van der Waals surface area contributed by atoms with Gasteiger partial charge in [0.2, 0.25) is 5.91 Å². The molecule has 0 spiro atoms. The Kier molecular flexibility index (Phi) is 7.65. The summed E-state index contributed by atoms with van der Waals surface area (Å²) in [5.41, 5.74) is 0.516. The highest BCUT2D eigenvalue weighted by Gasteiger charge is 2.37. The second-order valence-corrected chi connectivity index (χ2v) is 10.3. The number of amides is 2. The lowest BCUT2D eigenvalue weighted by molar-refractivity contribution is -0.138. The van der Waals surface area contributed by atoms with Gasteiger partial charge in [0.15, 0.2) is 0 Å². The molecule has 4 rings (SSSR count). The van der Waals surface area contributed by atoms with Crippen molar-refractivity contribution in [3.63, 3.8) is 0 Å². The number of carbonyl (C=O) groups excluding carboxylic acids is 2. The fraction of sp³-hybridized carbons (Fsp3) is 0.667. The molecular weight excluding hydrogens is 449 g/mol. The summed E-state index contributed by atoms with van der Waals surface area (Å²) in [5, 5.41) is 0.799. The average Bonchev–Trinajstić information content (AvgIpc) is 3.22. The number of carbonyl (C=O) groups is 2. The zero-order valence-electron chi connectivity index (χ0n) is 18.9. The number of nitrogens with zero attached hydrogens (tertiary/aromatic N) is 3. The summed E-state index contributed by atoms with van der Waals surface area (Å²) < 4.78 is 5.86. The van der Waals surface area contributed by atoms with Crippen molar-refractivity contribution in [2.75, 3.05) is 39.3 Å². The van der Waals surface area contributed by atoms with Gasteiger partial charge in [0.1, 0.15) is 0 Å². The van der Waals surface area contributed by atoms with Crippen LogP contribution in [0.4, 0.5) is 0 Å². The number of morpholine rings is 1. The molecule has 3 heterocycles. The Morgan fingerprint density at radius 2 is 1.72 bits per heavy atom. The van der Waals surface area contributed by atoms with Crippen molar-refractivity contribution in [2.45, 2.75) is 57.8 Å². The van der Waals surface area contributed by atoms with Crippen LogP contribution in [0.15, 0.2) is 18.2 Å². The van der Waals surface area contributed by atoms with Crippen molar-refractivity contribution < 1.29 is 14.3 Å². The lowest BCUT2D eigenvalue weighted by atomic mass is 9.95. The van der Waals surface area contributed by atoms with E-state index in [9.17, 15) is 9.59 Å². The van der Waals surface area contributed by atoms with E-state index in [4.69, 9.17) is 27.9 Å². The van der Waals surface area contributed by atoms with Crippen molar-refractivity contribution in [1.29, 1.82) is 0 Å². The van der Waals surface area contributed by atoms with E-state index in [1.54, 1.807) is 23.1 Å². The minimum atomic E-state index is -0.140. The molecule has 0 bridgehead atoms. The standard InChI is InChI=1S/C24H33Cl2N3O3/c1-16-12-27(13-17(2)32-16)15-20-6-4-10-29(20)24(31)19-5-3-9-28(14-19)23(30)18-7-8-21(25)22(26)11-18/h7-8,11,16-17,19-20H,3-6,9-10,12-15H2,1-2H3. The van der Waals surface area contributed by atoms with E-state index in [0.717, 1.165) is 51.9 Å². The van der Waals surface area contributed by atoms with Gasteiger partial charge in [-0.25, -0.2) is 0 Å². The highest BCUT2D eigenvalue weighted by Crippen LogP contribution is 2.28. The molecule has 0 aromatic heterocycles. The van der Waals surface area contributed by atoms with Gasteiger partial charge in [0, 0.05) is 50.9 Å². The SMILES string of the molecule is CC1CN(CC2CCCN2C(=O)C2CCCN(C(=O)c3ccc(Cl)c(Cl)c3)C2)CC(C)O1. The monoisotopic (exact) mass is 481 g/mol. The lowest BCUT2D eigenvalue weighted by Crippen LogP contribution is -2.53. The Bertz CT molecular complexity index is 842. The summed E-state index contributed by atoms with van der Waals surface area (Å²) in [4.78, 5) is 32.8. The number of hydrogen-bond acceptors (Lipinski definition) is 4. The molecule has 2 amide bonds. The lowest BCUT2D eigenvalue weighted by Gasteiger charge is -2.39. The van der Waals surface area contributed by atoms with Crippen molar-refractivity contribution in [3.8, 4) is 0 Å². The average molecular weight is 482 g/mol. The molecule has 3 fully saturated rings. The second-order valence-electron chi connectivity index (χ2n) is 9.52. The summed E-state index contributed by atoms with van der Waals surface area (Å²) in [5.74, 6) is -0.0255. The zero-order chi connectivity index (χ0) is 22.8. The number of rotatable bonds is 4. The normalized spacial score (nSPS) is 29.4. The Morgan fingerprint density at radius 1 is 1.00 bits per heavy atom. The molecule has 8 heteroatoms. The summed E-state index contributed by atoms with van der Waals surface area (Å²) in [6.45, 7) is 8.90. The maximum Gasteiger partial charge on any atom is 0.253 e.